The van der Waals surface area contributed by atoms with Crippen LogP contribution < -0.4 is 21.1 Å². The number of nitrogens with two attached hydrogens (primary N) is 1. The largest absolute Gasteiger partial charge is 0.458 e. The Morgan fingerprint density at radius 2 is 1.62 bits per heavy atom. The lowest BCUT2D eigenvalue weighted by Gasteiger charge is -2.30. The van der Waals surface area contributed by atoms with E-state index in [9.17, 15) is 22.8 Å². The zero-order valence-corrected chi connectivity index (χ0v) is 28.4. The van der Waals surface area contributed by atoms with Crippen LogP contribution in [0.15, 0.2) is 65.7 Å². The summed E-state index contributed by atoms with van der Waals surface area (Å²) in [6.07, 6.45) is 6.26. The molecule has 1 aliphatic rings. The van der Waals surface area contributed by atoms with E-state index in [1.54, 1.807) is 51.1 Å². The number of unbranched alkanes of at least 4 members (excludes halogenated alkanes) is 1. The van der Waals surface area contributed by atoms with E-state index in [4.69, 9.17) is 10.5 Å². The normalized spacial score (nSPS) is 18.3. The molecule has 0 radical (unpaired) electrons. The molecule has 0 bridgehead atoms. The first kappa shape index (κ1) is 36.1. The Balaban J connectivity index is 1.43. The first-order valence-electron chi connectivity index (χ1n) is 16.5. The Labute approximate surface area is 277 Å². The molecule has 0 unspecified atom stereocenters. The number of carbonyl (C=O) groups excluding carboxylic acids is 3. The number of ether oxygens (including phenoxy) is 1. The van der Waals surface area contributed by atoms with E-state index in [2.05, 4.69) is 20.3 Å². The third kappa shape index (κ3) is 10.6. The van der Waals surface area contributed by atoms with Gasteiger partial charge < -0.3 is 26.1 Å². The average molecular weight is 668 g/mol. The van der Waals surface area contributed by atoms with E-state index in [0.717, 1.165) is 16.5 Å². The molecule has 2 amide bonds. The number of para-hydroxylation sites is 1. The Kier molecular flexibility index (Phi) is 12.6. The van der Waals surface area contributed by atoms with Gasteiger partial charge in [0, 0.05) is 36.0 Å². The van der Waals surface area contributed by atoms with Crippen molar-refractivity contribution in [1.82, 2.24) is 20.3 Å². The third-order valence-electron chi connectivity index (χ3n) is 8.52. The molecule has 2 atom stereocenters. The fourth-order valence-electron chi connectivity index (χ4n) is 5.95. The number of fused-ring (bicyclic) bond motifs is 1. The van der Waals surface area contributed by atoms with Crippen LogP contribution in [0.25, 0.3) is 10.9 Å². The summed E-state index contributed by atoms with van der Waals surface area (Å²) >= 11 is 0. The summed E-state index contributed by atoms with van der Waals surface area (Å²) in [5.74, 6) is -1.44. The molecule has 256 valence electrons. The molecule has 4 rings (SSSR count). The van der Waals surface area contributed by atoms with Gasteiger partial charge in [0.05, 0.1) is 4.90 Å². The number of nitrogens with one attached hydrogen (secondary N) is 4. The Morgan fingerprint density at radius 1 is 0.936 bits per heavy atom. The molecule has 1 saturated carbocycles. The van der Waals surface area contributed by atoms with E-state index in [1.807, 2.05) is 30.5 Å². The standard InChI is InChI=1S/C35H49N5O6S/c1-35(2,3)46-34(43)30(15-9-10-20-36)39-33(42)31(21-26-23-37-29-14-8-7-13-28(26)29)40-32(41)25-18-16-24(17-19-25)22-38-47(44,45)27-11-5-4-6-12-27/h4-8,11-14,23-25,30-31,37-38H,9-10,15-22,36H2,1-3H3,(H,39,42)(H,40,41)/t24?,25?,30-,31-/m0/s1. The molecule has 11 nitrogen and oxygen atoms in total. The molecule has 0 aliphatic heterocycles. The predicted octanol–water partition coefficient (Wildman–Crippen LogP) is 3.94. The van der Waals surface area contributed by atoms with Crippen molar-refractivity contribution in [2.75, 3.05) is 13.1 Å². The van der Waals surface area contributed by atoms with Gasteiger partial charge in [-0.3, -0.25) is 9.59 Å². The number of H-pyrrole nitrogens is 1. The highest BCUT2D eigenvalue weighted by atomic mass is 32.2. The number of aromatic nitrogens is 1. The van der Waals surface area contributed by atoms with Crippen molar-refractivity contribution < 1.29 is 27.5 Å². The van der Waals surface area contributed by atoms with E-state index >= 15 is 0 Å². The second-order valence-corrected chi connectivity index (χ2v) is 15.2. The summed E-state index contributed by atoms with van der Waals surface area (Å²) in [4.78, 5) is 44.0. The van der Waals surface area contributed by atoms with Gasteiger partial charge >= 0.3 is 5.97 Å². The fraction of sp³-hybridized carbons (Fsp3) is 0.514. The molecule has 2 aromatic carbocycles. The highest BCUT2D eigenvalue weighted by molar-refractivity contribution is 7.89. The van der Waals surface area contributed by atoms with Crippen LogP contribution in [0.2, 0.25) is 0 Å². The SMILES string of the molecule is CC(C)(C)OC(=O)[C@H](CCCCN)NC(=O)[C@H](Cc1c[nH]c2ccccc12)NC(=O)C1CCC(CNS(=O)(=O)c2ccccc2)CC1. The van der Waals surface area contributed by atoms with Gasteiger partial charge in [0.15, 0.2) is 0 Å². The molecule has 1 aromatic heterocycles. The van der Waals surface area contributed by atoms with Crippen molar-refractivity contribution in [3.05, 3.63) is 66.4 Å². The first-order valence-corrected chi connectivity index (χ1v) is 18.0. The minimum absolute atomic E-state index is 0.103. The summed E-state index contributed by atoms with van der Waals surface area (Å²) in [5, 5.41) is 6.82. The predicted molar refractivity (Wildman–Crippen MR) is 182 cm³/mol. The minimum Gasteiger partial charge on any atom is -0.458 e. The molecule has 0 saturated heterocycles. The van der Waals surface area contributed by atoms with Gasteiger partial charge in [-0.25, -0.2) is 17.9 Å². The average Bonchev–Trinajstić information content (AvgIpc) is 3.45. The molecule has 1 fully saturated rings. The van der Waals surface area contributed by atoms with Crippen LogP contribution in [0.4, 0.5) is 0 Å². The third-order valence-corrected chi connectivity index (χ3v) is 9.96. The number of benzene rings is 2. The van der Waals surface area contributed by atoms with E-state index in [0.29, 0.717) is 58.0 Å². The van der Waals surface area contributed by atoms with Crippen LogP contribution in [-0.2, 0) is 35.6 Å². The molecule has 1 heterocycles. The van der Waals surface area contributed by atoms with E-state index in [1.165, 1.54) is 0 Å². The molecule has 0 spiro atoms. The van der Waals surface area contributed by atoms with E-state index < -0.39 is 39.6 Å². The lowest BCUT2D eigenvalue weighted by molar-refractivity contribution is -0.159. The van der Waals surface area contributed by atoms with Gasteiger partial charge in [-0.2, -0.15) is 0 Å². The maximum Gasteiger partial charge on any atom is 0.329 e. The van der Waals surface area contributed by atoms with Crippen LogP contribution in [0.3, 0.4) is 0 Å². The number of esters is 1. The van der Waals surface area contributed by atoms with Gasteiger partial charge in [-0.15, -0.1) is 0 Å². The number of aromatic amines is 1. The van der Waals surface area contributed by atoms with Crippen LogP contribution in [0.5, 0.6) is 0 Å². The van der Waals surface area contributed by atoms with Crippen molar-refractivity contribution in [1.29, 1.82) is 0 Å². The van der Waals surface area contributed by atoms with Gasteiger partial charge in [0.1, 0.15) is 17.7 Å². The van der Waals surface area contributed by atoms with E-state index in [-0.39, 0.29) is 29.1 Å². The number of hydrogen-bond donors (Lipinski definition) is 5. The zero-order valence-electron chi connectivity index (χ0n) is 27.6. The summed E-state index contributed by atoms with van der Waals surface area (Å²) < 4.78 is 33.6. The Morgan fingerprint density at radius 3 is 2.30 bits per heavy atom. The highest BCUT2D eigenvalue weighted by Gasteiger charge is 2.33. The fourth-order valence-corrected chi connectivity index (χ4v) is 7.08. The second-order valence-electron chi connectivity index (χ2n) is 13.4. The molecule has 47 heavy (non-hydrogen) atoms. The summed E-state index contributed by atoms with van der Waals surface area (Å²) in [7, 11) is -3.61. The number of amides is 2. The number of sulfonamides is 1. The monoisotopic (exact) mass is 667 g/mol. The topological polar surface area (TPSA) is 172 Å². The Hall–Kier alpha value is -3.74. The van der Waals surface area contributed by atoms with Gasteiger partial charge in [-0.05, 0) is 102 Å². The van der Waals surface area contributed by atoms with Crippen LogP contribution >= 0.6 is 0 Å². The van der Waals surface area contributed by atoms with Crippen LogP contribution in [-0.4, -0.2) is 62.0 Å². The Bertz CT molecular complexity index is 1590. The van der Waals surface area contributed by atoms with Gasteiger partial charge in [0.25, 0.3) is 0 Å². The highest BCUT2D eigenvalue weighted by Crippen LogP contribution is 2.29. The lowest BCUT2D eigenvalue weighted by atomic mass is 9.81. The van der Waals surface area contributed by atoms with Crippen LogP contribution in [0.1, 0.15) is 71.3 Å². The van der Waals surface area contributed by atoms with Crippen molar-refractivity contribution in [2.45, 2.75) is 94.7 Å². The number of rotatable bonds is 15. The van der Waals surface area contributed by atoms with Crippen molar-refractivity contribution in [2.24, 2.45) is 17.6 Å². The van der Waals surface area contributed by atoms with Crippen molar-refractivity contribution in [3.8, 4) is 0 Å². The minimum atomic E-state index is -3.61. The quantitative estimate of drug-likeness (QED) is 0.121. The first-order chi connectivity index (χ1) is 22.4. The summed E-state index contributed by atoms with van der Waals surface area (Å²) in [6.45, 7) is 6.09. The molecule has 3 aromatic rings. The van der Waals surface area contributed by atoms with Gasteiger partial charge in [0.2, 0.25) is 21.8 Å². The lowest BCUT2D eigenvalue weighted by Crippen LogP contribution is -2.54. The molecule has 1 aliphatic carbocycles. The molecule has 6 N–H and O–H groups in total. The zero-order chi connectivity index (χ0) is 34.0. The molecular weight excluding hydrogens is 618 g/mol. The number of carbonyl (C=O) groups is 3. The van der Waals surface area contributed by atoms with Crippen molar-refractivity contribution in [3.63, 3.8) is 0 Å². The van der Waals surface area contributed by atoms with Gasteiger partial charge in [-0.1, -0.05) is 36.4 Å². The summed E-state index contributed by atoms with van der Waals surface area (Å²) in [5.41, 5.74) is 6.73. The second kappa shape index (κ2) is 16.4. The molecule has 12 heteroatoms. The van der Waals surface area contributed by atoms with Crippen LogP contribution in [0, 0.1) is 11.8 Å². The maximum atomic E-state index is 13.9. The number of hydrogen-bond acceptors (Lipinski definition) is 7. The smallest absolute Gasteiger partial charge is 0.329 e. The summed E-state index contributed by atoms with van der Waals surface area (Å²) in [6, 6.07) is 14.2. The van der Waals surface area contributed by atoms with Crippen molar-refractivity contribution >= 4 is 38.7 Å². The molecular formula is C35H49N5O6S. The maximum absolute atomic E-state index is 13.9.